The molecule has 0 spiro atoms. The van der Waals surface area contributed by atoms with Gasteiger partial charge in [-0.05, 0) is 37.1 Å². The van der Waals surface area contributed by atoms with E-state index in [1.807, 2.05) is 36.4 Å². The van der Waals surface area contributed by atoms with Crippen molar-refractivity contribution in [3.8, 4) is 0 Å². The van der Waals surface area contributed by atoms with E-state index < -0.39 is 0 Å². The Bertz CT molecular complexity index is 578. The van der Waals surface area contributed by atoms with E-state index in [-0.39, 0.29) is 5.91 Å². The van der Waals surface area contributed by atoms with Gasteiger partial charge in [0.2, 0.25) is 5.91 Å². The highest BCUT2D eigenvalue weighted by Gasteiger charge is 2.06. The summed E-state index contributed by atoms with van der Waals surface area (Å²) in [7, 11) is 0. The molecule has 2 nitrogen and oxygen atoms in total. The highest BCUT2D eigenvalue weighted by molar-refractivity contribution is 8.00. The minimum atomic E-state index is 0.0384. The van der Waals surface area contributed by atoms with Gasteiger partial charge in [-0.2, -0.15) is 0 Å². The van der Waals surface area contributed by atoms with Gasteiger partial charge in [-0.3, -0.25) is 4.79 Å². The molecule has 0 aliphatic rings. The number of benzene rings is 2. The van der Waals surface area contributed by atoms with Crippen molar-refractivity contribution in [3.05, 3.63) is 59.7 Å². The summed E-state index contributed by atoms with van der Waals surface area (Å²) in [6.45, 7) is 4.15. The van der Waals surface area contributed by atoms with Crippen molar-refractivity contribution in [3.63, 3.8) is 0 Å². The van der Waals surface area contributed by atoms with Crippen molar-refractivity contribution in [1.82, 2.24) is 0 Å². The average molecular weight is 285 g/mol. The Balaban J connectivity index is 1.91. The van der Waals surface area contributed by atoms with Crippen molar-refractivity contribution in [2.24, 2.45) is 0 Å². The maximum atomic E-state index is 12.0. The first-order valence-electron chi connectivity index (χ1n) is 6.76. The zero-order valence-corrected chi connectivity index (χ0v) is 12.7. The van der Waals surface area contributed by atoms with E-state index in [0.29, 0.717) is 5.75 Å². The molecule has 2 aromatic carbocycles. The minimum absolute atomic E-state index is 0.0384. The predicted molar refractivity (Wildman–Crippen MR) is 86.4 cm³/mol. The van der Waals surface area contributed by atoms with Crippen LogP contribution in [0, 0.1) is 6.92 Å². The number of rotatable bonds is 5. The molecule has 0 aliphatic heterocycles. The zero-order valence-electron chi connectivity index (χ0n) is 11.8. The summed E-state index contributed by atoms with van der Waals surface area (Å²) in [5.41, 5.74) is 3.32. The monoisotopic (exact) mass is 285 g/mol. The van der Waals surface area contributed by atoms with Crippen LogP contribution in [0.2, 0.25) is 0 Å². The average Bonchev–Trinajstić information content (AvgIpc) is 2.47. The normalized spacial score (nSPS) is 10.3. The van der Waals surface area contributed by atoms with E-state index in [9.17, 15) is 4.79 Å². The van der Waals surface area contributed by atoms with E-state index in [0.717, 1.165) is 17.0 Å². The predicted octanol–water partition coefficient (Wildman–Crippen LogP) is 4.29. The Labute approximate surface area is 124 Å². The third-order valence-electron chi connectivity index (χ3n) is 3.06. The van der Waals surface area contributed by atoms with Gasteiger partial charge in [-0.25, -0.2) is 0 Å². The third kappa shape index (κ3) is 4.14. The molecule has 1 N–H and O–H groups in total. The first kappa shape index (κ1) is 14.7. The maximum Gasteiger partial charge on any atom is 0.234 e. The number of nitrogens with one attached hydrogen (secondary N) is 1. The lowest BCUT2D eigenvalue weighted by molar-refractivity contribution is -0.113. The molecular formula is C17H19NOS. The van der Waals surface area contributed by atoms with E-state index in [1.165, 1.54) is 11.1 Å². The van der Waals surface area contributed by atoms with Crippen molar-refractivity contribution in [2.45, 2.75) is 25.2 Å². The molecule has 0 aliphatic carbocycles. The van der Waals surface area contributed by atoms with Crippen LogP contribution in [0.1, 0.15) is 18.1 Å². The standard InChI is InChI=1S/C17H19NOS/c1-3-14-6-4-5-7-16(14)18-17(19)12-20-15-10-8-13(2)9-11-15/h4-11H,3,12H2,1-2H3,(H,18,19). The van der Waals surface area contributed by atoms with Gasteiger partial charge in [0.15, 0.2) is 0 Å². The first-order valence-corrected chi connectivity index (χ1v) is 7.75. The quantitative estimate of drug-likeness (QED) is 0.830. The number of amides is 1. The second-order valence-corrected chi connectivity index (χ2v) is 5.71. The minimum Gasteiger partial charge on any atom is -0.325 e. The molecule has 0 aromatic heterocycles. The van der Waals surface area contributed by atoms with E-state index in [1.54, 1.807) is 11.8 Å². The van der Waals surface area contributed by atoms with Crippen molar-refractivity contribution in [2.75, 3.05) is 11.1 Å². The summed E-state index contributed by atoms with van der Waals surface area (Å²) in [6.07, 6.45) is 0.918. The Morgan fingerprint density at radius 1 is 1.10 bits per heavy atom. The highest BCUT2D eigenvalue weighted by Crippen LogP contribution is 2.20. The van der Waals surface area contributed by atoms with Crippen LogP contribution in [-0.2, 0) is 11.2 Å². The fourth-order valence-corrected chi connectivity index (χ4v) is 2.62. The molecule has 2 rings (SSSR count). The Kier molecular flexibility index (Phi) is 5.24. The summed E-state index contributed by atoms with van der Waals surface area (Å²) in [6, 6.07) is 16.2. The molecular weight excluding hydrogens is 266 g/mol. The van der Waals surface area contributed by atoms with Gasteiger partial charge in [0.05, 0.1) is 5.75 Å². The SMILES string of the molecule is CCc1ccccc1NC(=O)CSc1ccc(C)cc1. The molecule has 1 amide bonds. The summed E-state index contributed by atoms with van der Waals surface area (Å²) >= 11 is 1.56. The van der Waals surface area contributed by atoms with Crippen molar-refractivity contribution < 1.29 is 4.79 Å². The largest absolute Gasteiger partial charge is 0.325 e. The molecule has 20 heavy (non-hydrogen) atoms. The molecule has 3 heteroatoms. The number of hydrogen-bond donors (Lipinski definition) is 1. The molecule has 0 radical (unpaired) electrons. The number of para-hydroxylation sites is 1. The number of carbonyl (C=O) groups is 1. The summed E-state index contributed by atoms with van der Waals surface area (Å²) < 4.78 is 0. The number of hydrogen-bond acceptors (Lipinski definition) is 2. The van der Waals surface area contributed by atoms with Gasteiger partial charge in [0, 0.05) is 10.6 Å². The van der Waals surface area contributed by atoms with Crippen LogP contribution in [0.4, 0.5) is 5.69 Å². The van der Waals surface area contributed by atoms with E-state index in [2.05, 4.69) is 31.3 Å². The zero-order chi connectivity index (χ0) is 14.4. The summed E-state index contributed by atoms with van der Waals surface area (Å²) in [5, 5.41) is 2.98. The Hall–Kier alpha value is -1.74. The first-order chi connectivity index (χ1) is 9.69. The number of thioether (sulfide) groups is 1. The highest BCUT2D eigenvalue weighted by atomic mass is 32.2. The topological polar surface area (TPSA) is 29.1 Å². The number of anilines is 1. The molecule has 0 unspecified atom stereocenters. The van der Waals surface area contributed by atoms with Crippen LogP contribution < -0.4 is 5.32 Å². The lowest BCUT2D eigenvalue weighted by Gasteiger charge is -2.09. The van der Waals surface area contributed by atoms with Crippen LogP contribution in [-0.4, -0.2) is 11.7 Å². The van der Waals surface area contributed by atoms with Gasteiger partial charge in [-0.15, -0.1) is 11.8 Å². The van der Waals surface area contributed by atoms with Gasteiger partial charge in [0.25, 0.3) is 0 Å². The molecule has 2 aromatic rings. The van der Waals surface area contributed by atoms with Crippen molar-refractivity contribution in [1.29, 1.82) is 0 Å². The lowest BCUT2D eigenvalue weighted by Crippen LogP contribution is -2.15. The van der Waals surface area contributed by atoms with E-state index >= 15 is 0 Å². The lowest BCUT2D eigenvalue weighted by atomic mass is 10.1. The van der Waals surface area contributed by atoms with Crippen LogP contribution in [0.3, 0.4) is 0 Å². The molecule has 0 bridgehead atoms. The smallest absolute Gasteiger partial charge is 0.234 e. The van der Waals surface area contributed by atoms with Gasteiger partial charge in [-0.1, -0.05) is 42.8 Å². The summed E-state index contributed by atoms with van der Waals surface area (Å²) in [4.78, 5) is 13.1. The molecule has 0 fully saturated rings. The maximum absolute atomic E-state index is 12.0. The van der Waals surface area contributed by atoms with Gasteiger partial charge >= 0.3 is 0 Å². The molecule has 0 saturated carbocycles. The second-order valence-electron chi connectivity index (χ2n) is 4.66. The van der Waals surface area contributed by atoms with Crippen LogP contribution in [0.15, 0.2) is 53.4 Å². The van der Waals surface area contributed by atoms with Crippen LogP contribution in [0.5, 0.6) is 0 Å². The third-order valence-corrected chi connectivity index (χ3v) is 4.08. The van der Waals surface area contributed by atoms with Gasteiger partial charge < -0.3 is 5.32 Å². The molecule has 0 atom stereocenters. The van der Waals surface area contributed by atoms with Crippen LogP contribution in [0.25, 0.3) is 0 Å². The van der Waals surface area contributed by atoms with E-state index in [4.69, 9.17) is 0 Å². The number of aryl methyl sites for hydroxylation is 2. The second kappa shape index (κ2) is 7.15. The van der Waals surface area contributed by atoms with Crippen LogP contribution >= 0.6 is 11.8 Å². The number of carbonyl (C=O) groups excluding carboxylic acids is 1. The fourth-order valence-electron chi connectivity index (χ4n) is 1.92. The van der Waals surface area contributed by atoms with Crippen molar-refractivity contribution >= 4 is 23.4 Å². The molecule has 0 heterocycles. The van der Waals surface area contributed by atoms with Gasteiger partial charge in [0.1, 0.15) is 0 Å². The summed E-state index contributed by atoms with van der Waals surface area (Å²) in [5.74, 6) is 0.470. The fraction of sp³-hybridized carbons (Fsp3) is 0.235. The Morgan fingerprint density at radius 2 is 1.80 bits per heavy atom. The molecule has 104 valence electrons. The Morgan fingerprint density at radius 3 is 2.50 bits per heavy atom. The molecule has 0 saturated heterocycles.